The number of likely N-dealkylation sites (tertiary alicyclic amines) is 8. The first-order valence-corrected chi connectivity index (χ1v) is 48.4. The van der Waals surface area contributed by atoms with Crippen LogP contribution in [0.15, 0.2) is 31.2 Å². The zero-order valence-corrected chi connectivity index (χ0v) is 80.4. The van der Waals surface area contributed by atoms with Crippen molar-refractivity contribution in [3.63, 3.8) is 0 Å². The van der Waals surface area contributed by atoms with Crippen molar-refractivity contribution in [2.24, 2.45) is 75.9 Å². The van der Waals surface area contributed by atoms with E-state index in [0.717, 1.165) is 214 Å². The fraction of sp³-hybridized carbons (Fsp3) is 0.933. The lowest BCUT2D eigenvalue weighted by molar-refractivity contribution is 0.0386. The van der Waals surface area contributed by atoms with Gasteiger partial charge in [0.25, 0.3) is 0 Å². The Bertz CT molecular complexity index is 2230. The Labute approximate surface area is 738 Å². The number of aliphatic hydroxyl groups excluding tert-OH is 1. The molecule has 0 spiro atoms. The number of nitrogens with one attached hydrogen (secondary N) is 1. The summed E-state index contributed by atoms with van der Waals surface area (Å²) in [6, 6.07) is 4.41. The van der Waals surface area contributed by atoms with Gasteiger partial charge in [-0.05, 0) is 307 Å². The molecule has 9 saturated heterocycles. The number of hydrogen-bond donors (Lipinski definition) is 14. The molecule has 2 aromatic heterocycles. The van der Waals surface area contributed by atoms with Gasteiger partial charge in [0.15, 0.2) is 0 Å². The fourth-order valence-electron chi connectivity index (χ4n) is 16.1. The van der Waals surface area contributed by atoms with E-state index in [1.807, 2.05) is 29.4 Å². The molecule has 0 amide bonds. The van der Waals surface area contributed by atoms with Crippen LogP contribution in [0.2, 0.25) is 0 Å². The normalized spacial score (nSPS) is 22.9. The Hall–Kier alpha value is -2.62. The highest BCUT2D eigenvalue weighted by Gasteiger charge is 2.23. The van der Waals surface area contributed by atoms with Crippen molar-refractivity contribution in [3.8, 4) is 0 Å². The molecule has 12 rings (SSSR count). The van der Waals surface area contributed by atoms with Gasteiger partial charge in [0.2, 0.25) is 0 Å². The van der Waals surface area contributed by atoms with Crippen LogP contribution in [0.1, 0.15) is 214 Å². The fourth-order valence-corrected chi connectivity index (χ4v) is 16.1. The molecule has 11 heterocycles. The van der Waals surface area contributed by atoms with E-state index < -0.39 is 0 Å². The maximum absolute atomic E-state index is 8.48. The minimum absolute atomic E-state index is 0.319. The summed E-state index contributed by atoms with van der Waals surface area (Å²) in [5.74, 6) is 0. The molecule has 1 aliphatic carbocycles. The average molecular weight is 1710 g/mol. The van der Waals surface area contributed by atoms with E-state index in [1.54, 1.807) is 25.0 Å². The molecule has 120 heavy (non-hydrogen) atoms. The summed E-state index contributed by atoms with van der Waals surface area (Å²) in [6.07, 6.45) is 42.7. The largest absolute Gasteiger partial charge is 0.395 e. The van der Waals surface area contributed by atoms with Gasteiger partial charge < -0.3 is 137 Å². The van der Waals surface area contributed by atoms with Gasteiger partial charge in [-0.25, -0.2) is 9.97 Å². The lowest BCUT2D eigenvalue weighted by atomic mass is 9.93. The van der Waals surface area contributed by atoms with E-state index in [9.17, 15) is 0 Å². The van der Waals surface area contributed by atoms with Crippen LogP contribution in [-0.2, 0) is 24.9 Å². The molecule has 30 nitrogen and oxygen atoms in total. The van der Waals surface area contributed by atoms with Crippen molar-refractivity contribution in [3.05, 3.63) is 36.9 Å². The third kappa shape index (κ3) is 66.7. The number of morpholine rings is 1. The predicted octanol–water partition coefficient (Wildman–Crippen LogP) is 4.19. The molecule has 9 aliphatic heterocycles. The molecule has 2 aromatic rings. The van der Waals surface area contributed by atoms with Crippen LogP contribution in [0.4, 0.5) is 0 Å². The van der Waals surface area contributed by atoms with Gasteiger partial charge in [-0.1, -0.05) is 54.4 Å². The minimum Gasteiger partial charge on any atom is -0.395 e. The van der Waals surface area contributed by atoms with Gasteiger partial charge in [-0.2, -0.15) is 0 Å². The zero-order chi connectivity index (χ0) is 89.5. The highest BCUT2D eigenvalue weighted by molar-refractivity contribution is 4.95. The van der Waals surface area contributed by atoms with Gasteiger partial charge in [-0.3, -0.25) is 9.80 Å². The summed E-state index contributed by atoms with van der Waals surface area (Å²) in [5, 5.41) is 11.6. The number of piperidine rings is 3. The average Bonchev–Trinajstić information content (AvgIpc) is 1.76. The number of aryl methyl sites for hydroxylation is 2. The van der Waals surface area contributed by atoms with Crippen LogP contribution < -0.4 is 74.1 Å². The van der Waals surface area contributed by atoms with Crippen molar-refractivity contribution < 1.29 is 9.84 Å². The number of nitrogens with two attached hydrogens (primary N) is 12. The lowest BCUT2D eigenvalue weighted by Crippen LogP contribution is -2.41. The maximum Gasteiger partial charge on any atom is 0.0945 e. The topological polar surface area (TPSA) is 425 Å². The van der Waals surface area contributed by atoms with Crippen molar-refractivity contribution >= 4 is 0 Å². The molecule has 10 fully saturated rings. The molecular formula is C90H204N28O2. The molecule has 0 aromatic carbocycles. The molecule has 0 radical (unpaired) electrons. The number of aromatic nitrogens is 4. The molecule has 0 bridgehead atoms. The summed E-state index contributed by atoms with van der Waals surface area (Å²) in [7, 11) is 12.6. The Balaban J connectivity index is 0. The van der Waals surface area contributed by atoms with Gasteiger partial charge in [0, 0.05) is 186 Å². The van der Waals surface area contributed by atoms with Crippen molar-refractivity contribution in [1.82, 2.24) is 78.3 Å². The van der Waals surface area contributed by atoms with Crippen molar-refractivity contribution in [1.29, 1.82) is 0 Å². The Morgan fingerprint density at radius 3 is 1.24 bits per heavy atom. The molecule has 10 aliphatic rings. The van der Waals surface area contributed by atoms with Crippen LogP contribution in [0.5, 0.6) is 0 Å². The first-order valence-electron chi connectivity index (χ1n) is 48.4. The van der Waals surface area contributed by atoms with E-state index in [2.05, 4.69) is 139 Å². The van der Waals surface area contributed by atoms with Gasteiger partial charge in [0.05, 0.1) is 38.2 Å². The van der Waals surface area contributed by atoms with Crippen LogP contribution in [0.25, 0.3) is 0 Å². The summed E-state index contributed by atoms with van der Waals surface area (Å²) >= 11 is 0. The first kappa shape index (κ1) is 119. The van der Waals surface area contributed by atoms with Crippen LogP contribution in [-0.4, -0.2) is 398 Å². The zero-order valence-electron chi connectivity index (χ0n) is 80.4. The highest BCUT2D eigenvalue weighted by Crippen LogP contribution is 2.20. The standard InChI is InChI=1S/C8H18N2.C7H16N2O.3C7H16N2.C7H15N.C6H11N3.3C6H14N2.2C6H16N2.C6H13NO.C5H9N3/c1-10-7-3-5-8(10)4-2-6-9;1-8-2-3-9-4-6-10-7-5-9;1-9-5-3-2-4-7(9)6-8;1-2-9-5-3-4-7(9)6-8;8-4-7-9-5-2-1-3-6-9;1-3-7-5-4-6-8(7)2;7-2-1-4-9-5-3-8-6-9;1-8-4-2-3-6(7)5-8;7-5-1-2-6(8)4-3-5;7-3-6-8-4-1-2-5-8;2*1-3-8(4-2)6-5-7;8-6-5-7-3-1-2-4-7;1-8-4-7-3-5(8)2-6/h8H,2-7,9H2,1H3;8H,2-7H2,1H3;2*7H,2-6,8H2,1H3;1-8H2;7H,3-6H2,1-2H3;3,5-6H,1-2,4,7H2;6H,2-5,7H2,1H3;5-6H,1-4,7-8H2;1-7H2;2*3-7H2,1-2H3;8H,1-6H2;3-4H,2,6H2,1H3. The van der Waals surface area contributed by atoms with Gasteiger partial charge >= 0.3 is 0 Å². The van der Waals surface area contributed by atoms with E-state index in [-0.39, 0.29) is 0 Å². The molecule has 5 unspecified atom stereocenters. The molecule has 1 saturated carbocycles. The predicted molar refractivity (Wildman–Crippen MR) is 516 cm³/mol. The van der Waals surface area contributed by atoms with Crippen LogP contribution in [0.3, 0.4) is 0 Å². The van der Waals surface area contributed by atoms with Crippen molar-refractivity contribution in [2.45, 2.75) is 264 Å². The number of hydrogen-bond acceptors (Lipinski definition) is 28. The summed E-state index contributed by atoms with van der Waals surface area (Å²) in [4.78, 5) is 34.0. The van der Waals surface area contributed by atoms with E-state index >= 15 is 0 Å². The number of β-amino-alcohol motifs (C(OH)–C–C–N with tert-alkyl or cyclic N) is 1. The number of aliphatic hydroxyl groups is 1. The summed E-state index contributed by atoms with van der Waals surface area (Å²) < 4.78 is 9.14. The smallest absolute Gasteiger partial charge is 0.0945 e. The minimum atomic E-state index is 0.319. The SMILES string of the molecule is CCC1CCCN1C.CCN(CC)CCN.CCN(CC)CCN.CCN1CCCC1CN.CN1CCCC(N)C1.CN1CCCC1CCCN.CN1CCCCC1CN.CNCCN1CCOCC1.Cn1cncc1CN.NC1CCC(N)CC1.NCCCn1ccnc1.NCCN1CCCC1.NCCN1CCCCC1.OCCN1CCCC1. The van der Waals surface area contributed by atoms with E-state index in [0.29, 0.717) is 43.4 Å². The van der Waals surface area contributed by atoms with Crippen molar-refractivity contribution in [2.75, 3.05) is 278 Å². The first-order chi connectivity index (χ1) is 58.2. The maximum atomic E-state index is 8.48. The molecule has 716 valence electrons. The number of imidazole rings is 2. The second kappa shape index (κ2) is 85.8. The third-order valence-electron chi connectivity index (χ3n) is 24.3. The molecular weight excluding hydrogens is 1510 g/mol. The molecule has 30 heteroatoms. The number of ether oxygens (including phenoxy) is 1. The van der Waals surface area contributed by atoms with Crippen LogP contribution >= 0.6 is 0 Å². The summed E-state index contributed by atoms with van der Waals surface area (Å²) in [5.41, 5.74) is 66.7. The van der Waals surface area contributed by atoms with E-state index in [4.69, 9.17) is 78.6 Å². The monoisotopic (exact) mass is 1710 g/mol. The summed E-state index contributed by atoms with van der Waals surface area (Å²) in [6.45, 7) is 53.4. The molecule has 26 N–H and O–H groups in total. The molecule has 5 atom stereocenters. The van der Waals surface area contributed by atoms with Gasteiger partial charge in [0.1, 0.15) is 0 Å². The second-order valence-corrected chi connectivity index (χ2v) is 33.9. The lowest BCUT2D eigenvalue weighted by Gasteiger charge is -2.31. The number of nitrogens with zero attached hydrogens (tertiary/aromatic N) is 15. The quantitative estimate of drug-likeness (QED) is 0.0568. The van der Waals surface area contributed by atoms with Crippen LogP contribution in [0, 0.1) is 0 Å². The third-order valence-corrected chi connectivity index (χ3v) is 24.3. The number of likely N-dealkylation sites (N-methyl/N-ethyl adjacent to an activating group) is 6. The Kier molecular flexibility index (Phi) is 85.4. The number of rotatable bonds is 28. The van der Waals surface area contributed by atoms with E-state index in [1.165, 1.54) is 213 Å². The Morgan fingerprint density at radius 1 is 0.442 bits per heavy atom. The highest BCUT2D eigenvalue weighted by atomic mass is 16.5. The van der Waals surface area contributed by atoms with Gasteiger partial charge in [-0.15, -0.1) is 0 Å². The second-order valence-electron chi connectivity index (χ2n) is 33.9. The Morgan fingerprint density at radius 2 is 0.900 bits per heavy atom.